The Morgan fingerprint density at radius 1 is 1.41 bits per heavy atom. The van der Waals surface area contributed by atoms with E-state index in [-0.39, 0.29) is 12.1 Å². The number of aryl methyl sites for hydroxylation is 1. The van der Waals surface area contributed by atoms with Gasteiger partial charge < -0.3 is 19.7 Å². The molecule has 0 bridgehead atoms. The summed E-state index contributed by atoms with van der Waals surface area (Å²) in [5, 5.41) is 6.89. The van der Waals surface area contributed by atoms with Crippen molar-refractivity contribution in [2.75, 3.05) is 13.6 Å². The molecule has 1 aliphatic rings. The second-order valence-electron chi connectivity index (χ2n) is 7.26. The minimum atomic E-state index is -0.325. The van der Waals surface area contributed by atoms with Crippen LogP contribution in [0.3, 0.4) is 0 Å². The van der Waals surface area contributed by atoms with Gasteiger partial charge >= 0.3 is 6.03 Å². The van der Waals surface area contributed by atoms with Gasteiger partial charge in [-0.05, 0) is 38.3 Å². The quantitative estimate of drug-likeness (QED) is 0.696. The highest BCUT2D eigenvalue weighted by molar-refractivity contribution is 5.78. The standard InChI is InChI=1S/C19H24N6O2/c1-11-5-4-6-14-16(11)22-15(21-14)9-10-25(3)19(26)20-12(2)18-23-17(24-27-18)13-7-8-13/h4-6,12-13H,7-10H2,1-3H3,(H,20,26)(H,21,22). The van der Waals surface area contributed by atoms with E-state index in [1.54, 1.807) is 11.9 Å². The first-order valence-corrected chi connectivity index (χ1v) is 9.30. The average molecular weight is 368 g/mol. The van der Waals surface area contributed by atoms with Crippen molar-refractivity contribution >= 4 is 17.1 Å². The number of benzene rings is 1. The van der Waals surface area contributed by atoms with E-state index in [0.717, 1.165) is 41.1 Å². The maximum Gasteiger partial charge on any atom is 0.317 e. The molecule has 0 aliphatic heterocycles. The summed E-state index contributed by atoms with van der Waals surface area (Å²) in [6.07, 6.45) is 2.88. The molecule has 0 radical (unpaired) electrons. The number of hydrogen-bond donors (Lipinski definition) is 2. The third-order valence-corrected chi connectivity index (χ3v) is 4.90. The van der Waals surface area contributed by atoms with Crippen LogP contribution in [-0.2, 0) is 6.42 Å². The summed E-state index contributed by atoms with van der Waals surface area (Å²) in [7, 11) is 1.76. The predicted molar refractivity (Wildman–Crippen MR) is 100 cm³/mol. The smallest absolute Gasteiger partial charge is 0.317 e. The number of imidazole rings is 1. The zero-order chi connectivity index (χ0) is 19.0. The second kappa shape index (κ2) is 7.02. The number of amides is 2. The summed E-state index contributed by atoms with van der Waals surface area (Å²) in [6, 6.07) is 5.55. The first-order valence-electron chi connectivity index (χ1n) is 9.30. The summed E-state index contributed by atoms with van der Waals surface area (Å²) in [4.78, 5) is 26.4. The van der Waals surface area contributed by atoms with Crippen LogP contribution in [0.15, 0.2) is 22.7 Å². The molecule has 2 amide bonds. The number of aromatic amines is 1. The highest BCUT2D eigenvalue weighted by atomic mass is 16.5. The van der Waals surface area contributed by atoms with Gasteiger partial charge in [0.25, 0.3) is 0 Å². The summed E-state index contributed by atoms with van der Waals surface area (Å²) < 4.78 is 5.27. The lowest BCUT2D eigenvalue weighted by molar-refractivity contribution is 0.202. The van der Waals surface area contributed by atoms with Crippen molar-refractivity contribution in [1.82, 2.24) is 30.3 Å². The van der Waals surface area contributed by atoms with Gasteiger partial charge in [-0.15, -0.1) is 0 Å². The topological polar surface area (TPSA) is 99.9 Å². The monoisotopic (exact) mass is 368 g/mol. The predicted octanol–water partition coefficient (Wildman–Crippen LogP) is 3.08. The molecule has 0 saturated heterocycles. The maximum atomic E-state index is 12.4. The van der Waals surface area contributed by atoms with E-state index in [2.05, 4.69) is 25.4 Å². The molecular formula is C19H24N6O2. The molecular weight excluding hydrogens is 344 g/mol. The number of likely N-dealkylation sites (N-methyl/N-ethyl adjacent to an activating group) is 1. The number of nitrogens with zero attached hydrogens (tertiary/aromatic N) is 4. The van der Waals surface area contributed by atoms with Crippen LogP contribution in [-0.4, -0.2) is 44.6 Å². The fourth-order valence-corrected chi connectivity index (χ4v) is 3.01. The number of fused-ring (bicyclic) bond motifs is 1. The van der Waals surface area contributed by atoms with Crippen LogP contribution in [0, 0.1) is 6.92 Å². The number of carbonyl (C=O) groups excluding carboxylic acids is 1. The molecule has 1 fully saturated rings. The van der Waals surface area contributed by atoms with Gasteiger partial charge in [-0.1, -0.05) is 17.3 Å². The zero-order valence-corrected chi connectivity index (χ0v) is 15.8. The van der Waals surface area contributed by atoms with E-state index in [1.807, 2.05) is 32.0 Å². The highest BCUT2D eigenvalue weighted by Crippen LogP contribution is 2.38. The Bertz CT molecular complexity index is 958. The van der Waals surface area contributed by atoms with E-state index in [9.17, 15) is 4.79 Å². The Balaban J connectivity index is 1.32. The Morgan fingerprint density at radius 2 is 2.22 bits per heavy atom. The number of H-pyrrole nitrogens is 1. The fraction of sp³-hybridized carbons (Fsp3) is 0.474. The Hall–Kier alpha value is -2.90. The minimum Gasteiger partial charge on any atom is -0.342 e. The molecule has 0 spiro atoms. The van der Waals surface area contributed by atoms with Gasteiger partial charge in [0.2, 0.25) is 5.89 Å². The molecule has 2 N–H and O–H groups in total. The lowest BCUT2D eigenvalue weighted by Gasteiger charge is -2.19. The van der Waals surface area contributed by atoms with Crippen molar-refractivity contribution in [3.63, 3.8) is 0 Å². The molecule has 1 saturated carbocycles. The zero-order valence-electron chi connectivity index (χ0n) is 15.8. The van der Waals surface area contributed by atoms with Gasteiger partial charge in [0.05, 0.1) is 11.0 Å². The van der Waals surface area contributed by atoms with Crippen molar-refractivity contribution < 1.29 is 9.32 Å². The van der Waals surface area contributed by atoms with Crippen molar-refractivity contribution in [1.29, 1.82) is 0 Å². The third-order valence-electron chi connectivity index (χ3n) is 4.90. The van der Waals surface area contributed by atoms with Crippen molar-refractivity contribution in [3.05, 3.63) is 41.3 Å². The summed E-state index contributed by atoms with van der Waals surface area (Å²) >= 11 is 0. The van der Waals surface area contributed by atoms with E-state index in [1.165, 1.54) is 0 Å². The van der Waals surface area contributed by atoms with Crippen LogP contribution in [0.5, 0.6) is 0 Å². The molecule has 3 aromatic rings. The first-order chi connectivity index (χ1) is 13.0. The van der Waals surface area contributed by atoms with Gasteiger partial charge in [0, 0.05) is 25.9 Å². The lowest BCUT2D eigenvalue weighted by atomic mass is 10.2. The molecule has 8 nitrogen and oxygen atoms in total. The van der Waals surface area contributed by atoms with Gasteiger partial charge in [-0.3, -0.25) is 0 Å². The van der Waals surface area contributed by atoms with Crippen LogP contribution in [0.2, 0.25) is 0 Å². The van der Waals surface area contributed by atoms with E-state index < -0.39 is 0 Å². The number of carbonyl (C=O) groups is 1. The average Bonchev–Trinajstić information content (AvgIpc) is 3.21. The number of rotatable bonds is 6. The second-order valence-corrected chi connectivity index (χ2v) is 7.26. The highest BCUT2D eigenvalue weighted by Gasteiger charge is 2.30. The molecule has 142 valence electrons. The number of urea groups is 1. The van der Waals surface area contributed by atoms with E-state index in [0.29, 0.717) is 24.8 Å². The Labute approximate surface area is 157 Å². The first kappa shape index (κ1) is 17.5. The number of para-hydroxylation sites is 1. The Morgan fingerprint density at radius 3 is 2.96 bits per heavy atom. The fourth-order valence-electron chi connectivity index (χ4n) is 3.01. The van der Waals surface area contributed by atoms with Gasteiger partial charge in [-0.25, -0.2) is 9.78 Å². The molecule has 1 aliphatic carbocycles. The van der Waals surface area contributed by atoms with Gasteiger partial charge in [0.1, 0.15) is 11.9 Å². The molecule has 8 heteroatoms. The molecule has 2 heterocycles. The molecule has 27 heavy (non-hydrogen) atoms. The summed E-state index contributed by atoms with van der Waals surface area (Å²) in [5.74, 6) is 2.50. The van der Waals surface area contributed by atoms with Crippen LogP contribution in [0.1, 0.15) is 54.8 Å². The normalized spacial score (nSPS) is 15.1. The van der Waals surface area contributed by atoms with Crippen molar-refractivity contribution in [3.8, 4) is 0 Å². The number of hydrogen-bond acceptors (Lipinski definition) is 5. The van der Waals surface area contributed by atoms with Crippen LogP contribution in [0.4, 0.5) is 4.79 Å². The molecule has 1 atom stereocenters. The number of nitrogens with one attached hydrogen (secondary N) is 2. The third kappa shape index (κ3) is 3.79. The van der Waals surface area contributed by atoms with Crippen molar-refractivity contribution in [2.45, 2.75) is 45.1 Å². The van der Waals surface area contributed by atoms with Gasteiger partial charge in [0.15, 0.2) is 5.82 Å². The van der Waals surface area contributed by atoms with Crippen LogP contribution < -0.4 is 5.32 Å². The SMILES string of the molecule is Cc1cccc2[nH]c(CCN(C)C(=O)NC(C)c3nc(C4CC4)no3)nc12. The number of aromatic nitrogens is 4. The van der Waals surface area contributed by atoms with Gasteiger partial charge in [-0.2, -0.15) is 4.98 Å². The molecule has 4 rings (SSSR count). The van der Waals surface area contributed by atoms with Crippen LogP contribution in [0.25, 0.3) is 11.0 Å². The minimum absolute atomic E-state index is 0.180. The van der Waals surface area contributed by atoms with E-state index >= 15 is 0 Å². The van der Waals surface area contributed by atoms with Crippen LogP contribution >= 0.6 is 0 Å². The summed E-state index contributed by atoms with van der Waals surface area (Å²) in [6.45, 7) is 4.44. The maximum absolute atomic E-state index is 12.4. The molecule has 1 aromatic carbocycles. The molecule has 1 unspecified atom stereocenters. The Kier molecular flexibility index (Phi) is 4.55. The lowest BCUT2D eigenvalue weighted by Crippen LogP contribution is -2.39. The summed E-state index contributed by atoms with van der Waals surface area (Å²) in [5.41, 5.74) is 3.14. The van der Waals surface area contributed by atoms with E-state index in [4.69, 9.17) is 4.52 Å². The molecule has 2 aromatic heterocycles. The van der Waals surface area contributed by atoms with Crippen molar-refractivity contribution in [2.24, 2.45) is 0 Å². The largest absolute Gasteiger partial charge is 0.342 e.